The first-order valence-electron chi connectivity index (χ1n) is 11.6. The molecule has 13 heteroatoms. The largest absolute Gasteiger partial charge is 0.379 e. The number of nitrogens with zero attached hydrogens (tertiary/aromatic N) is 7. The molecule has 0 bridgehead atoms. The van der Waals surface area contributed by atoms with E-state index in [0.717, 1.165) is 71.6 Å². The van der Waals surface area contributed by atoms with Gasteiger partial charge in [-0.25, -0.2) is 19.7 Å². The Balaban J connectivity index is 1.08. The Hall–Kier alpha value is -3.55. The minimum atomic E-state index is -0.127. The summed E-state index contributed by atoms with van der Waals surface area (Å²) in [4.78, 5) is 41.0. The van der Waals surface area contributed by atoms with E-state index in [-0.39, 0.29) is 12.0 Å². The van der Waals surface area contributed by atoms with Gasteiger partial charge >= 0.3 is 6.03 Å². The van der Waals surface area contributed by atoms with Gasteiger partial charge in [0, 0.05) is 45.0 Å². The van der Waals surface area contributed by atoms with Crippen LogP contribution in [-0.2, 0) is 11.3 Å². The molecule has 2 saturated heterocycles. The van der Waals surface area contributed by atoms with E-state index in [0.29, 0.717) is 26.2 Å². The van der Waals surface area contributed by atoms with Gasteiger partial charge in [-0.05, 0) is 18.2 Å². The number of urea groups is 1. The molecule has 12 nitrogen and oxygen atoms in total. The summed E-state index contributed by atoms with van der Waals surface area (Å²) < 4.78 is 5.41. The van der Waals surface area contributed by atoms with Crippen molar-refractivity contribution >= 4 is 56.2 Å². The van der Waals surface area contributed by atoms with E-state index in [1.807, 2.05) is 18.2 Å². The highest BCUT2D eigenvalue weighted by atomic mass is 32.1. The number of fused-ring (bicyclic) bond motifs is 2. The quantitative estimate of drug-likeness (QED) is 0.387. The van der Waals surface area contributed by atoms with Crippen LogP contribution < -0.4 is 16.0 Å². The number of ether oxygens (including phenoxy) is 1. The summed E-state index contributed by atoms with van der Waals surface area (Å²) in [5.41, 5.74) is 10.9. The first kappa shape index (κ1) is 21.9. The number of nitrogen functional groups attached to an aromatic ring is 1. The monoisotopic (exact) mass is 494 g/mol. The average Bonchev–Trinajstić information content (AvgIpc) is 3.50. The van der Waals surface area contributed by atoms with Gasteiger partial charge in [0.2, 0.25) is 5.95 Å². The predicted octanol–water partition coefficient (Wildman–Crippen LogP) is 1.73. The molecule has 0 atom stereocenters. The Morgan fingerprint density at radius 1 is 1.11 bits per heavy atom. The molecule has 5 heterocycles. The van der Waals surface area contributed by atoms with Gasteiger partial charge in [0.05, 0.1) is 36.3 Å². The van der Waals surface area contributed by atoms with Crippen LogP contribution in [0.4, 0.5) is 22.2 Å². The van der Waals surface area contributed by atoms with Crippen molar-refractivity contribution in [3.8, 4) is 0 Å². The summed E-state index contributed by atoms with van der Waals surface area (Å²) in [6, 6.07) is 5.62. The first-order chi connectivity index (χ1) is 17.1. The van der Waals surface area contributed by atoms with Crippen molar-refractivity contribution in [3.63, 3.8) is 0 Å². The van der Waals surface area contributed by atoms with Crippen LogP contribution in [0.15, 0.2) is 23.7 Å². The normalized spacial score (nSPS) is 17.4. The summed E-state index contributed by atoms with van der Waals surface area (Å²) in [6.07, 6.45) is 0. The molecule has 2 aliphatic heterocycles. The zero-order chi connectivity index (χ0) is 23.8. The van der Waals surface area contributed by atoms with Gasteiger partial charge in [-0.15, -0.1) is 11.3 Å². The number of piperazine rings is 1. The summed E-state index contributed by atoms with van der Waals surface area (Å²) in [5, 5.41) is 3.02. The second-order valence-electron chi connectivity index (χ2n) is 8.62. The minimum absolute atomic E-state index is 0.127. The fraction of sp³-hybridized carbons (Fsp3) is 0.409. The van der Waals surface area contributed by atoms with Gasteiger partial charge in [0.1, 0.15) is 11.3 Å². The molecule has 0 spiro atoms. The number of aromatic nitrogens is 5. The molecule has 4 aromatic rings. The lowest BCUT2D eigenvalue weighted by Gasteiger charge is -2.35. The summed E-state index contributed by atoms with van der Waals surface area (Å²) >= 11 is 1.44. The van der Waals surface area contributed by atoms with Gasteiger partial charge in [0.15, 0.2) is 10.6 Å². The number of anilines is 3. The number of nitrogens with one attached hydrogen (secondary N) is 2. The van der Waals surface area contributed by atoms with Crippen molar-refractivity contribution in [2.75, 3.05) is 68.4 Å². The fourth-order valence-corrected chi connectivity index (χ4v) is 5.15. The number of H-pyrrole nitrogens is 1. The number of amides is 2. The lowest BCUT2D eigenvalue weighted by molar-refractivity contribution is 0.0332. The molecule has 0 aliphatic carbocycles. The van der Waals surface area contributed by atoms with Gasteiger partial charge < -0.3 is 30.6 Å². The zero-order valence-corrected chi connectivity index (χ0v) is 19.9. The van der Waals surface area contributed by atoms with Crippen molar-refractivity contribution in [2.24, 2.45) is 0 Å². The number of benzene rings is 1. The number of aromatic amines is 1. The van der Waals surface area contributed by atoms with E-state index in [4.69, 9.17) is 10.5 Å². The highest BCUT2D eigenvalue weighted by Gasteiger charge is 2.24. The van der Waals surface area contributed by atoms with Crippen molar-refractivity contribution in [1.29, 1.82) is 0 Å². The van der Waals surface area contributed by atoms with Crippen molar-refractivity contribution < 1.29 is 9.53 Å². The molecule has 0 radical (unpaired) electrons. The lowest BCUT2D eigenvalue weighted by atomic mass is 10.2. The van der Waals surface area contributed by atoms with E-state index in [2.05, 4.69) is 40.0 Å². The van der Waals surface area contributed by atoms with Gasteiger partial charge in [-0.3, -0.25) is 4.90 Å². The molecular formula is C22H26N10O2S. The molecular weight excluding hydrogens is 468 g/mol. The molecule has 4 N–H and O–H groups in total. The molecule has 2 fully saturated rings. The fourth-order valence-electron chi connectivity index (χ4n) is 4.49. The van der Waals surface area contributed by atoms with Gasteiger partial charge in [-0.1, -0.05) is 0 Å². The number of carbonyl (C=O) groups is 1. The van der Waals surface area contributed by atoms with Crippen molar-refractivity contribution in [1.82, 2.24) is 34.7 Å². The SMILES string of the molecule is Nc1nc(N2CCN(C(=O)Nc3ccc4nc(CN5CCOCC5)[nH]c4c3)CC2)c2ncsc2n1. The Morgan fingerprint density at radius 3 is 2.77 bits per heavy atom. The van der Waals surface area contributed by atoms with Gasteiger partial charge in [0.25, 0.3) is 0 Å². The number of carbonyl (C=O) groups excluding carboxylic acids is 1. The number of hydrogen-bond donors (Lipinski definition) is 3. The Bertz CT molecular complexity index is 1360. The molecule has 0 unspecified atom stereocenters. The predicted molar refractivity (Wildman–Crippen MR) is 135 cm³/mol. The first-order valence-corrected chi connectivity index (χ1v) is 12.5. The van der Waals surface area contributed by atoms with Crippen LogP contribution in [-0.4, -0.2) is 93.2 Å². The second-order valence-corrected chi connectivity index (χ2v) is 9.45. The third-order valence-corrected chi connectivity index (χ3v) is 7.04. The van der Waals surface area contributed by atoms with Crippen molar-refractivity contribution in [3.05, 3.63) is 29.5 Å². The number of rotatable bonds is 4. The maximum Gasteiger partial charge on any atom is 0.321 e. The molecule has 1 aromatic carbocycles. The Kier molecular flexibility index (Phi) is 5.80. The zero-order valence-electron chi connectivity index (χ0n) is 19.1. The number of nitrogens with two attached hydrogens (primary N) is 1. The highest BCUT2D eigenvalue weighted by Crippen LogP contribution is 2.27. The maximum atomic E-state index is 12.9. The van der Waals surface area contributed by atoms with Gasteiger partial charge in [-0.2, -0.15) is 4.98 Å². The van der Waals surface area contributed by atoms with Crippen LogP contribution in [0, 0.1) is 0 Å². The van der Waals surface area contributed by atoms with Crippen molar-refractivity contribution in [2.45, 2.75) is 6.54 Å². The van der Waals surface area contributed by atoms with Crippen LogP contribution in [0.5, 0.6) is 0 Å². The standard InChI is InChI=1S/C22H26N10O2S/c23-21-28-19(18-20(29-21)35-13-24-18)31-3-5-32(6-4-31)22(33)25-14-1-2-15-16(11-14)27-17(26-15)12-30-7-9-34-10-8-30/h1-2,11,13H,3-10,12H2,(H,25,33)(H,26,27)(H2,23,28,29). The lowest BCUT2D eigenvalue weighted by Crippen LogP contribution is -2.50. The van der Waals surface area contributed by atoms with Crippen LogP contribution in [0.1, 0.15) is 5.82 Å². The third-order valence-electron chi connectivity index (χ3n) is 6.32. The summed E-state index contributed by atoms with van der Waals surface area (Å²) in [5.74, 6) is 1.88. The average molecular weight is 495 g/mol. The smallest absolute Gasteiger partial charge is 0.321 e. The topological polar surface area (TPSA) is 141 Å². The maximum absolute atomic E-state index is 12.9. The summed E-state index contributed by atoms with van der Waals surface area (Å²) in [7, 11) is 0. The van der Waals surface area contributed by atoms with E-state index >= 15 is 0 Å². The van der Waals surface area contributed by atoms with Crippen LogP contribution in [0.2, 0.25) is 0 Å². The highest BCUT2D eigenvalue weighted by molar-refractivity contribution is 7.16. The number of morpholine rings is 1. The van der Waals surface area contributed by atoms with E-state index in [1.54, 1.807) is 10.4 Å². The van der Waals surface area contributed by atoms with E-state index < -0.39 is 0 Å². The Morgan fingerprint density at radius 2 is 1.94 bits per heavy atom. The molecule has 182 valence electrons. The number of thiazole rings is 1. The molecule has 0 saturated carbocycles. The molecule has 35 heavy (non-hydrogen) atoms. The van der Waals surface area contributed by atoms with Crippen LogP contribution in [0.3, 0.4) is 0 Å². The summed E-state index contributed by atoms with van der Waals surface area (Å²) in [6.45, 7) is 6.50. The van der Waals surface area contributed by atoms with E-state index in [1.165, 1.54) is 11.3 Å². The van der Waals surface area contributed by atoms with Crippen LogP contribution in [0.25, 0.3) is 21.4 Å². The minimum Gasteiger partial charge on any atom is -0.379 e. The number of imidazole rings is 1. The Labute approximate surface area is 205 Å². The third kappa shape index (κ3) is 4.57. The number of hydrogen-bond acceptors (Lipinski definition) is 10. The molecule has 6 rings (SSSR count). The second kappa shape index (κ2) is 9.24. The van der Waals surface area contributed by atoms with E-state index in [9.17, 15) is 4.79 Å². The molecule has 3 aromatic heterocycles. The van der Waals surface area contributed by atoms with Crippen LogP contribution >= 0.6 is 11.3 Å². The molecule has 2 aliphatic rings. The molecule has 2 amide bonds.